The van der Waals surface area contributed by atoms with Crippen molar-refractivity contribution >= 4 is 33.3 Å². The molecule has 0 atom stereocenters. The number of hydrazone groups is 1. The highest BCUT2D eigenvalue weighted by Crippen LogP contribution is 2.22. The summed E-state index contributed by atoms with van der Waals surface area (Å²) in [5, 5.41) is 3.91. The highest BCUT2D eigenvalue weighted by Gasteiger charge is 2.09. The molecule has 0 aliphatic rings. The summed E-state index contributed by atoms with van der Waals surface area (Å²) in [5.41, 5.74) is 3.52. The van der Waals surface area contributed by atoms with E-state index in [4.69, 9.17) is 0 Å². The van der Waals surface area contributed by atoms with E-state index in [1.807, 2.05) is 0 Å². The molecule has 92 valence electrons. The molecule has 0 amide bonds. The highest BCUT2D eigenvalue weighted by atomic mass is 79.9. The molecule has 6 heteroatoms. The average Bonchev–Trinajstić information content (AvgIpc) is 2.31. The predicted molar refractivity (Wildman–Crippen MR) is 67.5 cm³/mol. The van der Waals surface area contributed by atoms with Crippen molar-refractivity contribution < 1.29 is 13.9 Å². The number of carbonyl (C=O) groups is 1. The Kier molecular flexibility index (Phi) is 5.09. The number of esters is 1. The highest BCUT2D eigenvalue weighted by molar-refractivity contribution is 9.10. The number of ether oxygens (including phenoxy) is 1. The van der Waals surface area contributed by atoms with Crippen LogP contribution in [0.4, 0.5) is 10.1 Å². The Morgan fingerprint density at radius 3 is 2.82 bits per heavy atom. The van der Waals surface area contributed by atoms with Gasteiger partial charge in [-0.3, -0.25) is 5.43 Å². The van der Waals surface area contributed by atoms with Crippen molar-refractivity contribution in [2.24, 2.45) is 5.10 Å². The van der Waals surface area contributed by atoms with Crippen LogP contribution in [0.3, 0.4) is 0 Å². The third-order valence-electron chi connectivity index (χ3n) is 2.00. The number of halogens is 2. The molecule has 17 heavy (non-hydrogen) atoms. The van der Waals surface area contributed by atoms with E-state index in [1.165, 1.54) is 25.3 Å². The summed E-state index contributed by atoms with van der Waals surface area (Å²) >= 11 is 3.19. The Labute approximate surface area is 107 Å². The van der Waals surface area contributed by atoms with Crippen LogP contribution in [0.25, 0.3) is 0 Å². The van der Waals surface area contributed by atoms with Gasteiger partial charge in [-0.2, -0.15) is 5.10 Å². The van der Waals surface area contributed by atoms with E-state index >= 15 is 0 Å². The van der Waals surface area contributed by atoms with Crippen molar-refractivity contribution in [2.75, 3.05) is 12.5 Å². The number of nitrogens with zero attached hydrogens (tertiary/aromatic N) is 1. The maximum absolute atomic E-state index is 12.8. The molecule has 1 aromatic rings. The fourth-order valence-electron chi connectivity index (χ4n) is 1.09. The first-order valence-corrected chi connectivity index (χ1v) is 5.73. The van der Waals surface area contributed by atoms with Gasteiger partial charge in [0.05, 0.1) is 12.8 Å². The summed E-state index contributed by atoms with van der Waals surface area (Å²) in [4.78, 5) is 11.2. The summed E-state index contributed by atoms with van der Waals surface area (Å²) in [6, 6.07) is 4.13. The Balaban J connectivity index is 2.84. The lowest BCUT2D eigenvalue weighted by Gasteiger charge is -2.05. The smallest absolute Gasteiger partial charge is 0.354 e. The van der Waals surface area contributed by atoms with Crippen LogP contribution in [0.5, 0.6) is 0 Å². The van der Waals surface area contributed by atoms with Gasteiger partial charge in [0.15, 0.2) is 0 Å². The molecule has 0 unspecified atom stereocenters. The lowest BCUT2D eigenvalue weighted by atomic mass is 10.3. The molecular weight excluding hydrogens is 291 g/mol. The molecule has 0 radical (unpaired) electrons. The van der Waals surface area contributed by atoms with Crippen LogP contribution < -0.4 is 5.43 Å². The first-order chi connectivity index (χ1) is 8.08. The lowest BCUT2D eigenvalue weighted by Crippen LogP contribution is -2.16. The van der Waals surface area contributed by atoms with E-state index in [0.29, 0.717) is 16.6 Å². The number of hydrogen-bond acceptors (Lipinski definition) is 4. The molecule has 4 nitrogen and oxygen atoms in total. The zero-order valence-electron chi connectivity index (χ0n) is 9.46. The van der Waals surface area contributed by atoms with E-state index in [1.54, 1.807) is 6.92 Å². The third kappa shape index (κ3) is 3.81. The molecule has 0 saturated heterocycles. The van der Waals surface area contributed by atoms with E-state index in [0.717, 1.165) is 0 Å². The fourth-order valence-corrected chi connectivity index (χ4v) is 1.53. The minimum Gasteiger partial charge on any atom is -0.464 e. The quantitative estimate of drug-likeness (QED) is 0.528. The minimum atomic E-state index is -0.488. The summed E-state index contributed by atoms with van der Waals surface area (Å²) < 4.78 is 17.9. The molecule has 0 fully saturated rings. The second-order valence-corrected chi connectivity index (χ2v) is 3.99. The van der Waals surface area contributed by atoms with Crippen LogP contribution in [0, 0.1) is 5.82 Å². The summed E-state index contributed by atoms with van der Waals surface area (Å²) in [7, 11) is 1.29. The number of hydrogen-bond donors (Lipinski definition) is 1. The van der Waals surface area contributed by atoms with Gasteiger partial charge < -0.3 is 4.74 Å². The number of carbonyl (C=O) groups excluding carboxylic acids is 1. The number of anilines is 1. The molecule has 0 aliphatic carbocycles. The van der Waals surface area contributed by atoms with Crippen LogP contribution in [-0.2, 0) is 9.53 Å². The topological polar surface area (TPSA) is 50.7 Å². The van der Waals surface area contributed by atoms with E-state index in [2.05, 4.69) is 31.2 Å². The largest absolute Gasteiger partial charge is 0.464 e. The van der Waals surface area contributed by atoms with Crippen molar-refractivity contribution in [2.45, 2.75) is 13.3 Å². The third-order valence-corrected chi connectivity index (χ3v) is 2.65. The Morgan fingerprint density at radius 1 is 1.59 bits per heavy atom. The Bertz CT molecular complexity index is 449. The SMILES string of the molecule is CCC(=NNc1ccc(F)cc1Br)C(=O)OC. The average molecular weight is 303 g/mol. The van der Waals surface area contributed by atoms with Gasteiger partial charge in [0.2, 0.25) is 0 Å². The number of rotatable bonds is 4. The van der Waals surface area contributed by atoms with Gasteiger partial charge in [-0.1, -0.05) is 6.92 Å². The van der Waals surface area contributed by atoms with Gasteiger partial charge in [-0.05, 0) is 40.5 Å². The number of methoxy groups -OCH3 is 1. The molecule has 0 heterocycles. The second-order valence-electron chi connectivity index (χ2n) is 3.14. The lowest BCUT2D eigenvalue weighted by molar-refractivity contribution is -0.132. The fraction of sp³-hybridized carbons (Fsp3) is 0.273. The van der Waals surface area contributed by atoms with Crippen molar-refractivity contribution in [3.8, 4) is 0 Å². The van der Waals surface area contributed by atoms with E-state index in [-0.39, 0.29) is 11.5 Å². The molecule has 0 aromatic heterocycles. The number of benzene rings is 1. The van der Waals surface area contributed by atoms with Gasteiger partial charge >= 0.3 is 5.97 Å². The summed E-state index contributed by atoms with van der Waals surface area (Å²) in [6.07, 6.45) is 0.443. The van der Waals surface area contributed by atoms with Crippen LogP contribution in [0.15, 0.2) is 27.8 Å². The van der Waals surface area contributed by atoms with Crippen molar-refractivity contribution in [1.82, 2.24) is 0 Å². The monoisotopic (exact) mass is 302 g/mol. The first-order valence-electron chi connectivity index (χ1n) is 4.94. The molecule has 0 spiro atoms. The van der Waals surface area contributed by atoms with Crippen molar-refractivity contribution in [3.05, 3.63) is 28.5 Å². The van der Waals surface area contributed by atoms with Crippen LogP contribution >= 0.6 is 15.9 Å². The van der Waals surface area contributed by atoms with Gasteiger partial charge in [0.1, 0.15) is 11.5 Å². The maximum atomic E-state index is 12.8. The van der Waals surface area contributed by atoms with Gasteiger partial charge in [-0.15, -0.1) is 0 Å². The molecule has 1 aromatic carbocycles. The Hall–Kier alpha value is -1.43. The number of nitrogens with one attached hydrogen (secondary N) is 1. The summed E-state index contributed by atoms with van der Waals surface area (Å²) in [5.74, 6) is -0.840. The van der Waals surface area contributed by atoms with Crippen LogP contribution in [-0.4, -0.2) is 18.8 Å². The molecule has 0 saturated carbocycles. The summed E-state index contributed by atoms with van der Waals surface area (Å²) in [6.45, 7) is 1.79. The molecule has 1 N–H and O–H groups in total. The van der Waals surface area contributed by atoms with Crippen LogP contribution in [0.2, 0.25) is 0 Å². The predicted octanol–water partition coefficient (Wildman–Crippen LogP) is 2.94. The molecule has 1 rings (SSSR count). The van der Waals surface area contributed by atoms with Gasteiger partial charge in [0, 0.05) is 4.47 Å². The standard InChI is InChI=1S/C11H12BrFN2O2/c1-3-9(11(16)17-2)14-15-10-5-4-7(13)6-8(10)12/h4-6,15H,3H2,1-2H3. The van der Waals surface area contributed by atoms with Gasteiger partial charge in [-0.25, -0.2) is 9.18 Å². The molecular formula is C11H12BrFN2O2. The van der Waals surface area contributed by atoms with Crippen LogP contribution in [0.1, 0.15) is 13.3 Å². The Morgan fingerprint density at radius 2 is 2.29 bits per heavy atom. The van der Waals surface area contributed by atoms with E-state index in [9.17, 15) is 9.18 Å². The zero-order valence-corrected chi connectivity index (χ0v) is 11.0. The zero-order chi connectivity index (χ0) is 12.8. The second kappa shape index (κ2) is 6.34. The first kappa shape index (κ1) is 13.6. The van der Waals surface area contributed by atoms with Gasteiger partial charge in [0.25, 0.3) is 0 Å². The van der Waals surface area contributed by atoms with Crippen molar-refractivity contribution in [1.29, 1.82) is 0 Å². The maximum Gasteiger partial charge on any atom is 0.354 e. The van der Waals surface area contributed by atoms with Crippen molar-refractivity contribution in [3.63, 3.8) is 0 Å². The molecule has 0 aliphatic heterocycles. The molecule has 0 bridgehead atoms. The normalized spacial score (nSPS) is 11.2. The minimum absolute atomic E-state index is 0.267. The van der Waals surface area contributed by atoms with E-state index < -0.39 is 5.97 Å².